The fraction of sp³-hybridized carbons (Fsp3) is 0.562. The third kappa shape index (κ3) is 4.53. The van der Waals surface area contributed by atoms with Gasteiger partial charge < -0.3 is 15.7 Å². The number of amides is 1. The van der Waals surface area contributed by atoms with Crippen LogP contribution in [0.3, 0.4) is 0 Å². The van der Waals surface area contributed by atoms with Gasteiger partial charge in [-0.15, -0.1) is 0 Å². The first-order valence-corrected chi connectivity index (χ1v) is 7.42. The summed E-state index contributed by atoms with van der Waals surface area (Å²) in [5, 5.41) is 14.8. The molecule has 2 unspecified atom stereocenters. The minimum Gasteiger partial charge on any atom is -0.387 e. The third-order valence-corrected chi connectivity index (χ3v) is 3.93. The Morgan fingerprint density at radius 2 is 2.15 bits per heavy atom. The van der Waals surface area contributed by atoms with Crippen LogP contribution in [0.15, 0.2) is 24.3 Å². The van der Waals surface area contributed by atoms with Crippen molar-refractivity contribution in [1.82, 2.24) is 0 Å². The van der Waals surface area contributed by atoms with Crippen molar-refractivity contribution < 1.29 is 9.90 Å². The molecule has 3 N–H and O–H groups in total. The largest absolute Gasteiger partial charge is 0.387 e. The van der Waals surface area contributed by atoms with Crippen LogP contribution in [0.4, 0.5) is 11.4 Å². The number of aliphatic hydroxyl groups excluding tert-OH is 1. The average Bonchev–Trinajstić information content (AvgIpc) is 2.45. The molecule has 110 valence electrons. The number of aliphatic hydroxyl groups is 1. The molecule has 1 aromatic carbocycles. The molecule has 4 heteroatoms. The molecule has 1 aliphatic carbocycles. The summed E-state index contributed by atoms with van der Waals surface area (Å²) in [4.78, 5) is 11.2. The lowest BCUT2D eigenvalue weighted by Crippen LogP contribution is -2.21. The van der Waals surface area contributed by atoms with Gasteiger partial charge in [-0.05, 0) is 42.9 Å². The van der Waals surface area contributed by atoms with E-state index in [0.29, 0.717) is 5.69 Å². The second kappa shape index (κ2) is 7.29. The lowest BCUT2D eigenvalue weighted by atomic mass is 9.82. The van der Waals surface area contributed by atoms with E-state index < -0.39 is 6.61 Å². The van der Waals surface area contributed by atoms with E-state index >= 15 is 0 Å². The van der Waals surface area contributed by atoms with Crippen molar-refractivity contribution in [3.05, 3.63) is 24.3 Å². The number of carbonyl (C=O) groups excluding carboxylic acids is 1. The number of rotatable bonds is 5. The zero-order chi connectivity index (χ0) is 14.4. The lowest BCUT2D eigenvalue weighted by molar-refractivity contribution is -0.118. The summed E-state index contributed by atoms with van der Waals surface area (Å²) in [7, 11) is 0. The summed E-state index contributed by atoms with van der Waals surface area (Å²) < 4.78 is 0. The van der Waals surface area contributed by atoms with Crippen LogP contribution in [0.1, 0.15) is 32.6 Å². The first-order valence-electron chi connectivity index (χ1n) is 7.42. The molecule has 0 radical (unpaired) electrons. The molecule has 0 spiro atoms. The van der Waals surface area contributed by atoms with E-state index in [4.69, 9.17) is 5.11 Å². The molecule has 1 saturated carbocycles. The van der Waals surface area contributed by atoms with Gasteiger partial charge in [-0.1, -0.05) is 25.8 Å². The van der Waals surface area contributed by atoms with Crippen LogP contribution in [0, 0.1) is 11.8 Å². The number of benzene rings is 1. The van der Waals surface area contributed by atoms with Gasteiger partial charge >= 0.3 is 0 Å². The Morgan fingerprint density at radius 3 is 2.90 bits per heavy atom. The van der Waals surface area contributed by atoms with Gasteiger partial charge in [0.05, 0.1) is 0 Å². The highest BCUT2D eigenvalue weighted by Crippen LogP contribution is 2.28. The summed E-state index contributed by atoms with van der Waals surface area (Å²) in [5.74, 6) is 1.20. The van der Waals surface area contributed by atoms with Crippen molar-refractivity contribution in [1.29, 1.82) is 0 Å². The van der Waals surface area contributed by atoms with Gasteiger partial charge in [0.2, 0.25) is 5.91 Å². The number of hydrogen-bond acceptors (Lipinski definition) is 3. The Kier molecular flexibility index (Phi) is 5.41. The van der Waals surface area contributed by atoms with Crippen LogP contribution in [-0.2, 0) is 4.79 Å². The molecule has 1 aromatic rings. The molecule has 20 heavy (non-hydrogen) atoms. The second-order valence-corrected chi connectivity index (χ2v) is 5.81. The van der Waals surface area contributed by atoms with Crippen molar-refractivity contribution in [2.45, 2.75) is 32.6 Å². The van der Waals surface area contributed by atoms with Crippen LogP contribution in [0.25, 0.3) is 0 Å². The molecule has 2 atom stereocenters. The van der Waals surface area contributed by atoms with E-state index in [2.05, 4.69) is 17.6 Å². The fourth-order valence-corrected chi connectivity index (χ4v) is 2.91. The molecule has 1 amide bonds. The van der Waals surface area contributed by atoms with Gasteiger partial charge in [0, 0.05) is 17.9 Å². The van der Waals surface area contributed by atoms with E-state index in [1.807, 2.05) is 24.3 Å². The van der Waals surface area contributed by atoms with Crippen LogP contribution in [0.2, 0.25) is 0 Å². The molecule has 1 aliphatic rings. The lowest BCUT2D eigenvalue weighted by Gasteiger charge is -2.27. The van der Waals surface area contributed by atoms with Crippen LogP contribution in [-0.4, -0.2) is 24.2 Å². The quantitative estimate of drug-likeness (QED) is 0.775. The van der Waals surface area contributed by atoms with E-state index in [1.54, 1.807) is 0 Å². The molecule has 0 bridgehead atoms. The summed E-state index contributed by atoms with van der Waals surface area (Å²) in [6.07, 6.45) is 5.30. The maximum atomic E-state index is 11.2. The molecule has 2 rings (SSSR count). The smallest absolute Gasteiger partial charge is 0.250 e. The molecular weight excluding hydrogens is 252 g/mol. The summed E-state index contributed by atoms with van der Waals surface area (Å²) in [6.45, 7) is 2.83. The highest BCUT2D eigenvalue weighted by atomic mass is 16.3. The van der Waals surface area contributed by atoms with Crippen LogP contribution < -0.4 is 10.6 Å². The van der Waals surface area contributed by atoms with Crippen LogP contribution >= 0.6 is 0 Å². The van der Waals surface area contributed by atoms with Crippen molar-refractivity contribution >= 4 is 17.3 Å². The predicted molar refractivity (Wildman–Crippen MR) is 81.8 cm³/mol. The summed E-state index contributed by atoms with van der Waals surface area (Å²) in [6, 6.07) is 7.63. The zero-order valence-corrected chi connectivity index (χ0v) is 12.1. The normalized spacial score (nSPS) is 22.3. The van der Waals surface area contributed by atoms with Gasteiger partial charge in [-0.25, -0.2) is 0 Å². The number of anilines is 2. The van der Waals surface area contributed by atoms with E-state index in [-0.39, 0.29) is 5.91 Å². The summed E-state index contributed by atoms with van der Waals surface area (Å²) in [5.41, 5.74) is 1.73. The van der Waals surface area contributed by atoms with E-state index in [9.17, 15) is 4.79 Å². The Balaban J connectivity index is 1.86. The second-order valence-electron chi connectivity index (χ2n) is 5.81. The van der Waals surface area contributed by atoms with Crippen molar-refractivity contribution in [2.24, 2.45) is 11.8 Å². The average molecular weight is 276 g/mol. The van der Waals surface area contributed by atoms with Gasteiger partial charge in [-0.2, -0.15) is 0 Å². The van der Waals surface area contributed by atoms with Crippen molar-refractivity contribution in [2.75, 3.05) is 23.8 Å². The molecule has 0 heterocycles. The molecule has 0 aliphatic heterocycles. The maximum Gasteiger partial charge on any atom is 0.250 e. The molecule has 4 nitrogen and oxygen atoms in total. The van der Waals surface area contributed by atoms with E-state index in [0.717, 1.165) is 24.1 Å². The number of hydrogen-bond donors (Lipinski definition) is 3. The molecule has 0 saturated heterocycles. The number of carbonyl (C=O) groups is 1. The molecular formula is C16H24N2O2. The Morgan fingerprint density at radius 1 is 1.35 bits per heavy atom. The third-order valence-electron chi connectivity index (χ3n) is 3.93. The van der Waals surface area contributed by atoms with E-state index in [1.165, 1.54) is 25.7 Å². The fourth-order valence-electron chi connectivity index (χ4n) is 2.91. The first kappa shape index (κ1) is 14.9. The highest BCUT2D eigenvalue weighted by Gasteiger charge is 2.18. The van der Waals surface area contributed by atoms with Gasteiger partial charge in [-0.3, -0.25) is 4.79 Å². The molecule has 0 aromatic heterocycles. The van der Waals surface area contributed by atoms with Crippen LogP contribution in [0.5, 0.6) is 0 Å². The minimum absolute atomic E-state index is 0.386. The van der Waals surface area contributed by atoms with Gasteiger partial charge in [0.1, 0.15) is 6.61 Å². The summed E-state index contributed by atoms with van der Waals surface area (Å²) >= 11 is 0. The number of nitrogens with one attached hydrogen (secondary N) is 2. The maximum absolute atomic E-state index is 11.2. The zero-order valence-electron chi connectivity index (χ0n) is 12.1. The van der Waals surface area contributed by atoms with Crippen molar-refractivity contribution in [3.8, 4) is 0 Å². The SMILES string of the molecule is CC1CCCC(CNc2cccc(NC(=O)CO)c2)C1. The predicted octanol–water partition coefficient (Wildman–Crippen LogP) is 2.86. The van der Waals surface area contributed by atoms with Gasteiger partial charge in [0.25, 0.3) is 0 Å². The Hall–Kier alpha value is -1.55. The van der Waals surface area contributed by atoms with Gasteiger partial charge in [0.15, 0.2) is 0 Å². The standard InChI is InChI=1S/C16H24N2O2/c1-12-4-2-5-13(8-12)10-17-14-6-3-7-15(9-14)18-16(20)11-19/h3,6-7,9,12-13,17,19H,2,4-5,8,10-11H2,1H3,(H,18,20). The Labute approximate surface area is 120 Å². The minimum atomic E-state index is -0.488. The first-order chi connectivity index (χ1) is 9.67. The topological polar surface area (TPSA) is 61.4 Å². The highest BCUT2D eigenvalue weighted by molar-refractivity contribution is 5.91. The molecule has 1 fully saturated rings. The monoisotopic (exact) mass is 276 g/mol. The van der Waals surface area contributed by atoms with Crippen molar-refractivity contribution in [3.63, 3.8) is 0 Å². The Bertz CT molecular complexity index is 448.